The Balaban J connectivity index is 1.26. The molecule has 5 rings (SSSR count). The molecule has 3 aromatic carbocycles. The van der Waals surface area contributed by atoms with Crippen LogP contribution in [0, 0.1) is 17.0 Å². The highest BCUT2D eigenvalue weighted by Crippen LogP contribution is 2.28. The summed E-state index contributed by atoms with van der Waals surface area (Å²) in [5.74, 6) is -0.467. The molecule has 0 fully saturated rings. The number of nitro groups is 1. The van der Waals surface area contributed by atoms with Gasteiger partial charge in [0.1, 0.15) is 5.82 Å². The molecule has 2 heterocycles. The third kappa shape index (κ3) is 5.68. The summed E-state index contributed by atoms with van der Waals surface area (Å²) in [7, 11) is 0. The van der Waals surface area contributed by atoms with Gasteiger partial charge < -0.3 is 9.72 Å². The number of H-pyrrole nitrogens is 1. The Hall–Kier alpha value is -4.90. The molecule has 2 aromatic heterocycles. The van der Waals surface area contributed by atoms with Crippen molar-refractivity contribution in [1.29, 1.82) is 0 Å². The van der Waals surface area contributed by atoms with Gasteiger partial charge in [-0.3, -0.25) is 20.2 Å². The average Bonchev–Trinajstić information content (AvgIpc) is 3.58. The molecule has 0 radical (unpaired) electrons. The maximum atomic E-state index is 12.9. The number of anilines is 1. The van der Waals surface area contributed by atoms with Crippen molar-refractivity contribution >= 4 is 45.1 Å². The Morgan fingerprint density at radius 3 is 2.62 bits per heavy atom. The first-order valence-corrected chi connectivity index (χ1v) is 13.0. The highest BCUT2D eigenvalue weighted by molar-refractivity contribution is 7.14. The van der Waals surface area contributed by atoms with E-state index in [2.05, 4.69) is 20.3 Å². The maximum absolute atomic E-state index is 12.9. The molecule has 1 unspecified atom stereocenters. The van der Waals surface area contributed by atoms with Gasteiger partial charge in [0.15, 0.2) is 11.2 Å². The maximum Gasteiger partial charge on any atom is 0.338 e. The first kappa shape index (κ1) is 25.7. The molecule has 0 saturated heterocycles. The van der Waals surface area contributed by atoms with E-state index in [9.17, 15) is 19.7 Å². The number of non-ortho nitro benzene ring substituents is 1. The Kier molecular flexibility index (Phi) is 7.15. The number of amides is 1. The van der Waals surface area contributed by atoms with E-state index in [-0.39, 0.29) is 17.7 Å². The summed E-state index contributed by atoms with van der Waals surface area (Å²) < 4.78 is 5.52. The van der Waals surface area contributed by atoms with Crippen LogP contribution in [0.3, 0.4) is 0 Å². The molecule has 10 nitrogen and oxygen atoms in total. The standard InChI is InChI=1S/C28H23N5O5S/c1-3-24(26(34)32-28-31-23(15-39-28)18-5-4-6-20(13-18)33(36)37)38-27(35)19-11-12-21-22(14-19)30-25(29-21)17-9-7-16(2)8-10-17/h4-15,24H,3H2,1-2H3,(H,29,30)(H,31,32,34). The first-order chi connectivity index (χ1) is 18.8. The Bertz CT molecular complexity index is 1690. The van der Waals surface area contributed by atoms with Crippen LogP contribution in [0.25, 0.3) is 33.7 Å². The zero-order valence-electron chi connectivity index (χ0n) is 21.0. The highest BCUT2D eigenvalue weighted by atomic mass is 32.1. The molecule has 2 N–H and O–H groups in total. The van der Waals surface area contributed by atoms with E-state index in [1.54, 1.807) is 42.6 Å². The fourth-order valence-corrected chi connectivity index (χ4v) is 4.66. The fourth-order valence-electron chi connectivity index (χ4n) is 3.93. The number of nitro benzene ring substituents is 1. The van der Waals surface area contributed by atoms with Crippen molar-refractivity contribution < 1.29 is 19.2 Å². The minimum absolute atomic E-state index is 0.0521. The van der Waals surface area contributed by atoms with Crippen LogP contribution in [0.15, 0.2) is 72.1 Å². The lowest BCUT2D eigenvalue weighted by Crippen LogP contribution is -2.32. The van der Waals surface area contributed by atoms with Gasteiger partial charge in [-0.1, -0.05) is 48.9 Å². The highest BCUT2D eigenvalue weighted by Gasteiger charge is 2.24. The van der Waals surface area contributed by atoms with Gasteiger partial charge in [-0.2, -0.15) is 0 Å². The van der Waals surface area contributed by atoms with Crippen LogP contribution in [0.4, 0.5) is 10.8 Å². The molecular formula is C28H23N5O5S. The number of thiazole rings is 1. The zero-order chi connectivity index (χ0) is 27.5. The second kappa shape index (κ2) is 10.8. The number of benzene rings is 3. The van der Waals surface area contributed by atoms with E-state index in [0.29, 0.717) is 33.2 Å². The Labute approximate surface area is 226 Å². The van der Waals surface area contributed by atoms with Crippen molar-refractivity contribution in [1.82, 2.24) is 15.0 Å². The number of nitrogens with zero attached hydrogens (tertiary/aromatic N) is 3. The van der Waals surface area contributed by atoms with E-state index in [4.69, 9.17) is 4.74 Å². The number of aromatic amines is 1. The average molecular weight is 542 g/mol. The number of fused-ring (bicyclic) bond motifs is 1. The van der Waals surface area contributed by atoms with Crippen molar-refractivity contribution in [3.63, 3.8) is 0 Å². The van der Waals surface area contributed by atoms with E-state index >= 15 is 0 Å². The van der Waals surface area contributed by atoms with Crippen LogP contribution in [0.1, 0.15) is 29.3 Å². The minimum atomic E-state index is -1.04. The second-order valence-electron chi connectivity index (χ2n) is 8.82. The van der Waals surface area contributed by atoms with Crippen LogP contribution in [-0.4, -0.2) is 37.9 Å². The molecule has 5 aromatic rings. The van der Waals surface area contributed by atoms with Crippen LogP contribution in [0.2, 0.25) is 0 Å². The molecule has 0 saturated carbocycles. The number of nitrogens with one attached hydrogen (secondary N) is 2. The number of rotatable bonds is 8. The molecule has 39 heavy (non-hydrogen) atoms. The van der Waals surface area contributed by atoms with Crippen molar-refractivity contribution in [3.8, 4) is 22.6 Å². The normalized spacial score (nSPS) is 11.7. The Morgan fingerprint density at radius 2 is 1.87 bits per heavy atom. The number of hydrogen-bond donors (Lipinski definition) is 2. The fraction of sp³-hybridized carbons (Fsp3) is 0.143. The Morgan fingerprint density at radius 1 is 1.08 bits per heavy atom. The van der Waals surface area contributed by atoms with Gasteiger partial charge >= 0.3 is 5.97 Å². The van der Waals surface area contributed by atoms with Gasteiger partial charge in [0.05, 0.1) is 27.2 Å². The van der Waals surface area contributed by atoms with Gasteiger partial charge in [-0.15, -0.1) is 11.3 Å². The van der Waals surface area contributed by atoms with Gasteiger partial charge in [-0.25, -0.2) is 14.8 Å². The number of carbonyl (C=O) groups excluding carboxylic acids is 2. The van der Waals surface area contributed by atoms with Gasteiger partial charge in [0.25, 0.3) is 11.6 Å². The smallest absolute Gasteiger partial charge is 0.338 e. The van der Waals surface area contributed by atoms with Gasteiger partial charge in [-0.05, 0) is 31.5 Å². The summed E-state index contributed by atoms with van der Waals surface area (Å²) in [6.45, 7) is 3.75. The zero-order valence-corrected chi connectivity index (χ0v) is 21.8. The molecule has 196 valence electrons. The number of aromatic nitrogens is 3. The largest absolute Gasteiger partial charge is 0.449 e. The molecule has 0 spiro atoms. The predicted molar refractivity (Wildman–Crippen MR) is 149 cm³/mol. The number of imidazole rings is 1. The number of hydrogen-bond acceptors (Lipinski definition) is 8. The van der Waals surface area contributed by atoms with Crippen LogP contribution in [0.5, 0.6) is 0 Å². The second-order valence-corrected chi connectivity index (χ2v) is 9.68. The predicted octanol–water partition coefficient (Wildman–Crippen LogP) is 6.14. The van der Waals surface area contributed by atoms with Crippen LogP contribution in [-0.2, 0) is 9.53 Å². The third-order valence-electron chi connectivity index (χ3n) is 6.04. The van der Waals surface area contributed by atoms with Crippen LogP contribution < -0.4 is 5.32 Å². The van der Waals surface area contributed by atoms with E-state index in [1.165, 1.54) is 23.5 Å². The molecule has 1 amide bonds. The number of carbonyl (C=O) groups is 2. The van der Waals surface area contributed by atoms with Crippen molar-refractivity contribution in [3.05, 3.63) is 93.4 Å². The van der Waals surface area contributed by atoms with Crippen molar-refractivity contribution in [2.75, 3.05) is 5.32 Å². The van der Waals surface area contributed by atoms with E-state index in [0.717, 1.165) is 11.1 Å². The topological polar surface area (TPSA) is 140 Å². The van der Waals surface area contributed by atoms with Gasteiger partial charge in [0.2, 0.25) is 0 Å². The number of ether oxygens (including phenoxy) is 1. The summed E-state index contributed by atoms with van der Waals surface area (Å²) in [6, 6.07) is 19.0. The lowest BCUT2D eigenvalue weighted by atomic mass is 10.1. The molecule has 0 aliphatic carbocycles. The molecule has 0 aliphatic rings. The summed E-state index contributed by atoms with van der Waals surface area (Å²) in [4.78, 5) is 48.5. The summed E-state index contributed by atoms with van der Waals surface area (Å²) in [5.41, 5.74) is 4.73. The lowest BCUT2D eigenvalue weighted by Gasteiger charge is -2.15. The summed E-state index contributed by atoms with van der Waals surface area (Å²) in [6.07, 6.45) is -0.784. The van der Waals surface area contributed by atoms with Crippen molar-refractivity contribution in [2.24, 2.45) is 0 Å². The SMILES string of the molecule is CCC(OC(=O)c1ccc2nc(-c3ccc(C)cc3)[nH]c2c1)C(=O)Nc1nc(-c2cccc([N+](=O)[O-])c2)cs1. The van der Waals surface area contributed by atoms with E-state index in [1.807, 2.05) is 31.2 Å². The minimum Gasteiger partial charge on any atom is -0.449 e. The molecule has 1 atom stereocenters. The number of aryl methyl sites for hydroxylation is 1. The molecule has 0 aliphatic heterocycles. The first-order valence-electron chi connectivity index (χ1n) is 12.1. The summed E-state index contributed by atoms with van der Waals surface area (Å²) >= 11 is 1.17. The lowest BCUT2D eigenvalue weighted by molar-refractivity contribution is -0.384. The van der Waals surface area contributed by atoms with E-state index < -0.39 is 22.9 Å². The van der Waals surface area contributed by atoms with Crippen molar-refractivity contribution in [2.45, 2.75) is 26.4 Å². The number of esters is 1. The monoisotopic (exact) mass is 541 g/mol. The quantitative estimate of drug-likeness (QED) is 0.136. The summed E-state index contributed by atoms with van der Waals surface area (Å²) in [5, 5.41) is 15.7. The molecular weight excluding hydrogens is 518 g/mol. The third-order valence-corrected chi connectivity index (χ3v) is 6.80. The van der Waals surface area contributed by atoms with Gasteiger partial charge in [0, 0.05) is 28.6 Å². The molecule has 0 bridgehead atoms. The molecule has 11 heteroatoms. The van der Waals surface area contributed by atoms with Crippen LogP contribution >= 0.6 is 11.3 Å².